The summed E-state index contributed by atoms with van der Waals surface area (Å²) in [6.45, 7) is 6.09. The van der Waals surface area contributed by atoms with Crippen molar-refractivity contribution in [2.45, 2.75) is 46.2 Å². The van der Waals surface area contributed by atoms with Gasteiger partial charge in [-0.3, -0.25) is 4.79 Å². The molecule has 0 saturated carbocycles. The van der Waals surface area contributed by atoms with E-state index in [2.05, 4.69) is 0 Å². The molecule has 1 aromatic heterocycles. The standard InChI is InChI=1S/C33H27Cl2NO4.C2H6/c1-21-11-12-23(15-27(21)31-17-25-9-5-6-10-30(25)40-31)20-36(29(33(38)39)16-22-7-3-2-4-8-22)32(37)18-24-13-14-26(34)19-28(24)35;1-2/h2-15,17,19,29H,16,18,20H2,1H3,(H,38,39);1-2H3/t29-;/m0./s1. The molecule has 1 heterocycles. The van der Waals surface area contributed by atoms with Gasteiger partial charge in [-0.1, -0.05) is 104 Å². The van der Waals surface area contributed by atoms with Crippen LogP contribution in [0.5, 0.6) is 0 Å². The number of carbonyl (C=O) groups is 2. The number of carboxylic acid groups (broad SMARTS) is 1. The Morgan fingerprint density at radius 1 is 0.857 bits per heavy atom. The van der Waals surface area contributed by atoms with Crippen LogP contribution in [0.15, 0.2) is 101 Å². The van der Waals surface area contributed by atoms with E-state index in [4.69, 9.17) is 27.6 Å². The zero-order valence-corrected chi connectivity index (χ0v) is 25.3. The van der Waals surface area contributed by atoms with Crippen LogP contribution in [0.4, 0.5) is 0 Å². The van der Waals surface area contributed by atoms with Crippen molar-refractivity contribution >= 4 is 46.0 Å². The quantitative estimate of drug-likeness (QED) is 0.183. The minimum absolute atomic E-state index is 0.0587. The molecule has 0 radical (unpaired) electrons. The normalized spacial score (nSPS) is 11.5. The van der Waals surface area contributed by atoms with Gasteiger partial charge in [0.15, 0.2) is 0 Å². The summed E-state index contributed by atoms with van der Waals surface area (Å²) in [5.74, 6) is -0.715. The van der Waals surface area contributed by atoms with Gasteiger partial charge in [-0.25, -0.2) is 4.79 Å². The molecule has 0 aliphatic rings. The Bertz CT molecular complexity index is 1650. The molecule has 5 nitrogen and oxygen atoms in total. The van der Waals surface area contributed by atoms with Crippen molar-refractivity contribution in [2.24, 2.45) is 0 Å². The van der Waals surface area contributed by atoms with E-state index in [0.29, 0.717) is 21.4 Å². The van der Waals surface area contributed by atoms with Gasteiger partial charge in [0.2, 0.25) is 5.91 Å². The van der Waals surface area contributed by atoms with Crippen LogP contribution in [-0.4, -0.2) is 27.9 Å². The SMILES string of the molecule is CC.Cc1ccc(CN(C(=O)Cc2ccc(Cl)cc2Cl)[C@@H](Cc2ccccc2)C(=O)O)cc1-c1cc2ccccc2o1. The van der Waals surface area contributed by atoms with Crippen LogP contribution in [0.25, 0.3) is 22.3 Å². The number of hydrogen-bond donors (Lipinski definition) is 1. The predicted octanol–water partition coefficient (Wildman–Crippen LogP) is 9.01. The molecule has 216 valence electrons. The molecule has 0 fully saturated rings. The Morgan fingerprint density at radius 2 is 1.57 bits per heavy atom. The van der Waals surface area contributed by atoms with E-state index < -0.39 is 12.0 Å². The Balaban J connectivity index is 0.00000198. The summed E-state index contributed by atoms with van der Waals surface area (Å²) >= 11 is 12.4. The third kappa shape index (κ3) is 7.41. The molecule has 5 aromatic rings. The summed E-state index contributed by atoms with van der Waals surface area (Å²) in [4.78, 5) is 27.8. The lowest BCUT2D eigenvalue weighted by Crippen LogP contribution is -2.46. The Labute approximate surface area is 256 Å². The smallest absolute Gasteiger partial charge is 0.326 e. The third-order valence-electron chi connectivity index (χ3n) is 6.96. The minimum Gasteiger partial charge on any atom is -0.480 e. The number of halogens is 2. The second-order valence-corrected chi connectivity index (χ2v) is 10.6. The number of rotatable bonds is 9. The lowest BCUT2D eigenvalue weighted by atomic mass is 10.00. The van der Waals surface area contributed by atoms with E-state index in [1.54, 1.807) is 18.2 Å². The molecule has 5 rings (SSSR count). The van der Waals surface area contributed by atoms with Crippen LogP contribution in [0.2, 0.25) is 10.0 Å². The molecule has 1 atom stereocenters. The molecule has 1 amide bonds. The average Bonchev–Trinajstić information content (AvgIpc) is 3.43. The third-order valence-corrected chi connectivity index (χ3v) is 7.54. The maximum atomic E-state index is 13.8. The summed E-state index contributed by atoms with van der Waals surface area (Å²) in [7, 11) is 0. The Morgan fingerprint density at radius 3 is 2.26 bits per heavy atom. The summed E-state index contributed by atoms with van der Waals surface area (Å²) in [5.41, 5.74) is 4.87. The largest absolute Gasteiger partial charge is 0.480 e. The molecule has 4 aromatic carbocycles. The molecule has 7 heteroatoms. The van der Waals surface area contributed by atoms with E-state index in [1.807, 2.05) is 99.6 Å². The second kappa shape index (κ2) is 14.2. The van der Waals surface area contributed by atoms with Crippen LogP contribution < -0.4 is 0 Å². The van der Waals surface area contributed by atoms with Gasteiger partial charge in [-0.15, -0.1) is 0 Å². The number of amides is 1. The van der Waals surface area contributed by atoms with Crippen molar-refractivity contribution in [2.75, 3.05) is 0 Å². The fraction of sp³-hybridized carbons (Fsp3) is 0.200. The number of aliphatic carboxylic acids is 1. The van der Waals surface area contributed by atoms with Gasteiger partial charge in [-0.2, -0.15) is 0 Å². The number of carbonyl (C=O) groups excluding carboxylic acids is 1. The molecule has 1 N–H and O–H groups in total. The van der Waals surface area contributed by atoms with Gasteiger partial charge in [0.05, 0.1) is 6.42 Å². The van der Waals surface area contributed by atoms with Crippen molar-refractivity contribution < 1.29 is 19.1 Å². The van der Waals surface area contributed by atoms with E-state index in [1.165, 1.54) is 4.90 Å². The van der Waals surface area contributed by atoms with Crippen LogP contribution in [0.3, 0.4) is 0 Å². The molecule has 0 saturated heterocycles. The highest BCUT2D eigenvalue weighted by Crippen LogP contribution is 2.31. The van der Waals surface area contributed by atoms with Gasteiger partial charge < -0.3 is 14.4 Å². The number of nitrogens with zero attached hydrogens (tertiary/aromatic N) is 1. The van der Waals surface area contributed by atoms with Gasteiger partial charge in [0.25, 0.3) is 0 Å². The molecule has 0 bridgehead atoms. The van der Waals surface area contributed by atoms with Crippen LogP contribution in [0.1, 0.15) is 36.1 Å². The molecule has 0 aliphatic heterocycles. The van der Waals surface area contributed by atoms with Crippen molar-refractivity contribution in [3.8, 4) is 11.3 Å². The first-order chi connectivity index (χ1) is 20.3. The number of furan rings is 1. The van der Waals surface area contributed by atoms with Gasteiger partial charge in [-0.05, 0) is 59.5 Å². The monoisotopic (exact) mass is 601 g/mol. The lowest BCUT2D eigenvalue weighted by molar-refractivity contribution is -0.150. The molecule has 42 heavy (non-hydrogen) atoms. The van der Waals surface area contributed by atoms with Crippen molar-refractivity contribution in [1.82, 2.24) is 4.90 Å². The first-order valence-electron chi connectivity index (χ1n) is 13.9. The van der Waals surface area contributed by atoms with E-state index in [0.717, 1.165) is 33.2 Å². The number of carboxylic acids is 1. The zero-order chi connectivity index (χ0) is 30.2. The van der Waals surface area contributed by atoms with Crippen molar-refractivity contribution in [3.05, 3.63) is 129 Å². The van der Waals surface area contributed by atoms with Crippen LogP contribution in [-0.2, 0) is 29.0 Å². The van der Waals surface area contributed by atoms with E-state index in [9.17, 15) is 14.7 Å². The number of fused-ring (bicyclic) bond motifs is 1. The molecule has 0 aliphatic carbocycles. The number of aryl methyl sites for hydroxylation is 1. The summed E-state index contributed by atoms with van der Waals surface area (Å²) in [6.07, 6.45) is 0.107. The van der Waals surface area contributed by atoms with E-state index in [-0.39, 0.29) is 25.3 Å². The predicted molar refractivity (Wildman–Crippen MR) is 170 cm³/mol. The van der Waals surface area contributed by atoms with Gasteiger partial charge >= 0.3 is 5.97 Å². The molecular formula is C35H33Cl2NO4. The summed E-state index contributed by atoms with van der Waals surface area (Å²) < 4.78 is 6.11. The van der Waals surface area contributed by atoms with Crippen LogP contribution in [0, 0.1) is 6.92 Å². The second-order valence-electron chi connectivity index (χ2n) is 9.78. The van der Waals surface area contributed by atoms with E-state index >= 15 is 0 Å². The van der Waals surface area contributed by atoms with Crippen LogP contribution >= 0.6 is 23.2 Å². The first-order valence-corrected chi connectivity index (χ1v) is 14.6. The first kappa shape index (κ1) is 30.9. The molecule has 0 unspecified atom stereocenters. The van der Waals surface area contributed by atoms with Gasteiger partial charge in [0, 0.05) is 34.0 Å². The number of para-hydroxylation sites is 1. The Kier molecular flexibility index (Phi) is 10.5. The highest BCUT2D eigenvalue weighted by atomic mass is 35.5. The lowest BCUT2D eigenvalue weighted by Gasteiger charge is -2.30. The van der Waals surface area contributed by atoms with Gasteiger partial charge in [0.1, 0.15) is 17.4 Å². The summed E-state index contributed by atoms with van der Waals surface area (Å²) in [6, 6.07) is 28.8. The number of hydrogen-bond acceptors (Lipinski definition) is 3. The highest BCUT2D eigenvalue weighted by molar-refractivity contribution is 6.35. The maximum absolute atomic E-state index is 13.8. The van der Waals surface area contributed by atoms with Crippen molar-refractivity contribution in [1.29, 1.82) is 0 Å². The topological polar surface area (TPSA) is 70.8 Å². The minimum atomic E-state index is -1.09. The number of benzene rings is 4. The summed E-state index contributed by atoms with van der Waals surface area (Å²) in [5, 5.41) is 12.1. The fourth-order valence-electron chi connectivity index (χ4n) is 4.81. The van der Waals surface area contributed by atoms with Crippen molar-refractivity contribution in [3.63, 3.8) is 0 Å². The maximum Gasteiger partial charge on any atom is 0.326 e. The molecular weight excluding hydrogens is 569 g/mol. The fourth-order valence-corrected chi connectivity index (χ4v) is 5.29. The molecule has 0 spiro atoms. The highest BCUT2D eigenvalue weighted by Gasteiger charge is 2.30. The zero-order valence-electron chi connectivity index (χ0n) is 23.8. The average molecular weight is 603 g/mol. The Hall–Kier alpha value is -4.06.